The largest absolute Gasteiger partial charge is 0.351 e. The molecule has 64 valence electrons. The molecule has 0 aromatic rings. The van der Waals surface area contributed by atoms with E-state index in [1.54, 1.807) is 0 Å². The van der Waals surface area contributed by atoms with E-state index in [1.807, 2.05) is 5.43 Å². The van der Waals surface area contributed by atoms with Crippen LogP contribution in [0.15, 0.2) is 0 Å². The van der Waals surface area contributed by atoms with Gasteiger partial charge in [-0.15, -0.1) is 0 Å². The van der Waals surface area contributed by atoms with Gasteiger partial charge in [-0.05, 0) is 0 Å². The van der Waals surface area contributed by atoms with E-state index in [4.69, 9.17) is 11.6 Å². The molecule has 7 nitrogen and oxygen atoms in total. The summed E-state index contributed by atoms with van der Waals surface area (Å²) in [6, 6.07) is -0.696. The average Bonchev–Trinajstić information content (AvgIpc) is 1.97. The first-order valence-electron chi connectivity index (χ1n) is 2.94. The molecule has 0 aromatic carbocycles. The van der Waals surface area contributed by atoms with Crippen molar-refractivity contribution in [2.75, 3.05) is 6.54 Å². The van der Waals surface area contributed by atoms with Crippen LogP contribution in [0.4, 0.5) is 4.79 Å². The summed E-state index contributed by atoms with van der Waals surface area (Å²) in [6.07, 6.45) is 0.177. The number of primary amides is 1. The van der Waals surface area contributed by atoms with E-state index in [1.165, 1.54) is 0 Å². The van der Waals surface area contributed by atoms with Crippen molar-refractivity contribution in [3.63, 3.8) is 0 Å². The van der Waals surface area contributed by atoms with Crippen LogP contribution >= 0.6 is 0 Å². The van der Waals surface area contributed by atoms with E-state index in [-0.39, 0.29) is 18.9 Å². The number of carbonyl (C=O) groups is 2. The van der Waals surface area contributed by atoms with E-state index >= 15 is 0 Å². The van der Waals surface area contributed by atoms with Crippen molar-refractivity contribution in [1.29, 1.82) is 0 Å². The lowest BCUT2D eigenvalue weighted by molar-refractivity contribution is -0.121. The molecule has 0 saturated carbocycles. The van der Waals surface area contributed by atoms with Crippen LogP contribution in [-0.2, 0) is 4.79 Å². The zero-order chi connectivity index (χ0) is 8.69. The molecular weight excluding hydrogens is 150 g/mol. The number of rotatable bonds is 4. The molecule has 0 atom stereocenters. The van der Waals surface area contributed by atoms with Crippen LogP contribution in [0, 0.1) is 0 Å². The minimum Gasteiger partial charge on any atom is -0.351 e. The van der Waals surface area contributed by atoms with Gasteiger partial charge in [0.05, 0.1) is 0 Å². The molecule has 11 heavy (non-hydrogen) atoms. The second kappa shape index (κ2) is 5.45. The maximum absolute atomic E-state index is 10.4. The van der Waals surface area contributed by atoms with E-state index < -0.39 is 6.03 Å². The smallest absolute Gasteiger partial charge is 0.326 e. The highest BCUT2D eigenvalue weighted by Crippen LogP contribution is 1.71. The number of urea groups is 1. The van der Waals surface area contributed by atoms with Crippen LogP contribution in [0.3, 0.4) is 0 Å². The van der Waals surface area contributed by atoms with Gasteiger partial charge in [-0.25, -0.2) is 16.1 Å². The lowest BCUT2D eigenvalue weighted by atomic mass is 10.4. The minimum atomic E-state index is -0.696. The van der Waals surface area contributed by atoms with Crippen molar-refractivity contribution in [3.8, 4) is 0 Å². The summed E-state index contributed by atoms with van der Waals surface area (Å²) in [5.74, 6) is 4.46. The van der Waals surface area contributed by atoms with Gasteiger partial charge in [0.1, 0.15) is 0 Å². The molecule has 0 spiro atoms. The second-order valence-corrected chi connectivity index (χ2v) is 1.73. The lowest BCUT2D eigenvalue weighted by Gasteiger charge is -2.02. The Labute approximate surface area is 63.4 Å². The molecule has 0 aromatic heterocycles. The predicted molar refractivity (Wildman–Crippen MR) is 37.7 cm³/mol. The average molecular weight is 161 g/mol. The Balaban J connectivity index is 3.14. The summed E-state index contributed by atoms with van der Waals surface area (Å²) in [5.41, 5.74) is 11.1. The summed E-state index contributed by atoms with van der Waals surface area (Å²) in [6.45, 7) is 0.284. The molecule has 0 bridgehead atoms. The summed E-state index contributed by atoms with van der Waals surface area (Å²) >= 11 is 0. The first-order valence-corrected chi connectivity index (χ1v) is 2.94. The van der Waals surface area contributed by atoms with Gasteiger partial charge in [-0.2, -0.15) is 0 Å². The van der Waals surface area contributed by atoms with Gasteiger partial charge in [0.25, 0.3) is 0 Å². The highest BCUT2D eigenvalue weighted by atomic mass is 16.2. The quantitative estimate of drug-likeness (QED) is 0.136. The van der Waals surface area contributed by atoms with Crippen molar-refractivity contribution < 1.29 is 9.59 Å². The monoisotopic (exact) mass is 161 g/mol. The summed E-state index contributed by atoms with van der Waals surface area (Å²) in [5, 5.41) is 0. The molecule has 0 aliphatic heterocycles. The van der Waals surface area contributed by atoms with E-state index in [0.717, 1.165) is 0 Å². The summed E-state index contributed by atoms with van der Waals surface area (Å²) in [7, 11) is 0. The molecule has 0 saturated heterocycles. The van der Waals surface area contributed by atoms with Gasteiger partial charge in [0.2, 0.25) is 5.91 Å². The van der Waals surface area contributed by atoms with Crippen LogP contribution in [0.5, 0.6) is 0 Å². The molecule has 0 aliphatic rings. The van der Waals surface area contributed by atoms with Gasteiger partial charge < -0.3 is 5.73 Å². The fraction of sp³-hybridized carbons (Fsp3) is 0.500. The van der Waals surface area contributed by atoms with Gasteiger partial charge in [-0.1, -0.05) is 0 Å². The number of hydrogen-bond donors (Lipinski definition) is 5. The molecule has 7 N–H and O–H groups in total. The van der Waals surface area contributed by atoms with Crippen molar-refractivity contribution in [2.24, 2.45) is 11.6 Å². The van der Waals surface area contributed by atoms with Crippen molar-refractivity contribution in [3.05, 3.63) is 0 Å². The Hall–Kier alpha value is -1.34. The number of nitrogens with one attached hydrogen (secondary N) is 3. The third-order valence-electron chi connectivity index (χ3n) is 0.850. The molecule has 7 heteroatoms. The van der Waals surface area contributed by atoms with Gasteiger partial charge in [0.15, 0.2) is 0 Å². The number of hydrazine groups is 2. The van der Waals surface area contributed by atoms with E-state index in [0.29, 0.717) is 0 Å². The Morgan fingerprint density at radius 3 is 2.45 bits per heavy atom. The Morgan fingerprint density at radius 2 is 2.00 bits per heavy atom. The number of nitrogens with two attached hydrogens (primary N) is 2. The molecule has 0 aliphatic carbocycles. The summed E-state index contributed by atoms with van der Waals surface area (Å²) < 4.78 is 0. The summed E-state index contributed by atoms with van der Waals surface area (Å²) in [4.78, 5) is 20.5. The highest BCUT2D eigenvalue weighted by molar-refractivity contribution is 5.75. The molecule has 0 rings (SSSR count). The second-order valence-electron chi connectivity index (χ2n) is 1.73. The zero-order valence-corrected chi connectivity index (χ0v) is 5.89. The van der Waals surface area contributed by atoms with Crippen LogP contribution in [0.1, 0.15) is 6.42 Å². The van der Waals surface area contributed by atoms with Crippen molar-refractivity contribution >= 4 is 11.9 Å². The Kier molecular flexibility index (Phi) is 4.78. The van der Waals surface area contributed by atoms with Crippen molar-refractivity contribution in [1.82, 2.24) is 16.3 Å². The molecular formula is C4H11N5O2. The third-order valence-corrected chi connectivity index (χ3v) is 0.850. The SMILES string of the molecule is NNC(=O)CCNNC(N)=O. The maximum Gasteiger partial charge on any atom is 0.326 e. The first-order chi connectivity index (χ1) is 5.16. The molecule has 0 fully saturated rings. The molecule has 0 unspecified atom stereocenters. The molecule has 0 heterocycles. The standard InChI is InChI=1S/C4H11N5O2/c5-4(11)9-7-2-1-3(10)8-6/h7H,1-2,6H2,(H,8,10)(H3,5,9,11). The van der Waals surface area contributed by atoms with Crippen LogP contribution in [0.2, 0.25) is 0 Å². The van der Waals surface area contributed by atoms with Gasteiger partial charge in [-0.3, -0.25) is 15.6 Å². The van der Waals surface area contributed by atoms with Crippen LogP contribution < -0.4 is 27.9 Å². The fourth-order valence-corrected chi connectivity index (χ4v) is 0.398. The Morgan fingerprint density at radius 1 is 1.36 bits per heavy atom. The highest BCUT2D eigenvalue weighted by Gasteiger charge is 1.96. The fourth-order valence-electron chi connectivity index (χ4n) is 0.398. The van der Waals surface area contributed by atoms with Crippen LogP contribution in [-0.4, -0.2) is 18.5 Å². The number of amides is 3. The predicted octanol–water partition coefficient (Wildman–Crippen LogP) is -2.46. The molecule has 3 amide bonds. The van der Waals surface area contributed by atoms with Gasteiger partial charge in [0, 0.05) is 13.0 Å². The van der Waals surface area contributed by atoms with Crippen molar-refractivity contribution in [2.45, 2.75) is 6.42 Å². The Bertz CT molecular complexity index is 147. The van der Waals surface area contributed by atoms with Gasteiger partial charge >= 0.3 is 6.03 Å². The maximum atomic E-state index is 10.4. The molecule has 0 radical (unpaired) electrons. The lowest BCUT2D eigenvalue weighted by Crippen LogP contribution is -2.43. The van der Waals surface area contributed by atoms with E-state index in [2.05, 4.69) is 10.9 Å². The topological polar surface area (TPSA) is 122 Å². The third kappa shape index (κ3) is 6.55. The minimum absolute atomic E-state index is 0.177. The normalized spacial score (nSPS) is 8.82. The van der Waals surface area contributed by atoms with E-state index in [9.17, 15) is 9.59 Å². The first kappa shape index (κ1) is 9.66. The number of hydrogen-bond acceptors (Lipinski definition) is 4. The zero-order valence-electron chi connectivity index (χ0n) is 5.89. The number of carbonyl (C=O) groups excluding carboxylic acids is 2. The van der Waals surface area contributed by atoms with Crippen LogP contribution in [0.25, 0.3) is 0 Å².